The molecule has 3 aromatic rings. The molecular weight excluding hydrogens is 404 g/mol. The molecular formula is C25H32N4O3. The summed E-state index contributed by atoms with van der Waals surface area (Å²) in [6.07, 6.45) is 0. The molecule has 0 bridgehead atoms. The van der Waals surface area contributed by atoms with Crippen molar-refractivity contribution in [3.63, 3.8) is 0 Å². The van der Waals surface area contributed by atoms with Crippen LogP contribution < -0.4 is 15.4 Å². The maximum Gasteiger partial charge on any atom is 0.319 e. The van der Waals surface area contributed by atoms with E-state index in [1.165, 1.54) is 0 Å². The number of hydrogen-bond acceptors (Lipinski definition) is 5. The highest BCUT2D eigenvalue weighted by atomic mass is 16.5. The lowest BCUT2D eigenvalue weighted by molar-refractivity contribution is 0.250. The second-order valence-corrected chi connectivity index (χ2v) is 8.46. The quantitative estimate of drug-likeness (QED) is 0.521. The molecule has 0 radical (unpaired) electrons. The molecule has 0 atom stereocenters. The number of rotatable bonds is 7. The van der Waals surface area contributed by atoms with Gasteiger partial charge in [-0.2, -0.15) is 0 Å². The van der Waals surface area contributed by atoms with Crippen LogP contribution in [0.25, 0.3) is 11.1 Å². The van der Waals surface area contributed by atoms with Crippen molar-refractivity contribution in [1.29, 1.82) is 0 Å². The molecule has 1 heterocycles. The van der Waals surface area contributed by atoms with E-state index in [1.54, 1.807) is 0 Å². The Morgan fingerprint density at radius 2 is 1.72 bits per heavy atom. The molecule has 0 spiro atoms. The molecule has 7 heteroatoms. The molecule has 0 saturated heterocycles. The number of nitrogens with zero attached hydrogens (tertiary/aromatic N) is 2. The van der Waals surface area contributed by atoms with Crippen molar-refractivity contribution in [2.45, 2.75) is 34.6 Å². The van der Waals surface area contributed by atoms with E-state index in [9.17, 15) is 4.79 Å². The average molecular weight is 437 g/mol. The number of nitrogens with one attached hydrogen (secondary N) is 2. The molecule has 2 N–H and O–H groups in total. The Balaban J connectivity index is 1.79. The molecule has 2 aromatic carbocycles. The first-order valence-electron chi connectivity index (χ1n) is 10.7. The number of hydrogen-bond donors (Lipinski definition) is 2. The molecule has 0 unspecified atom stereocenters. The summed E-state index contributed by atoms with van der Waals surface area (Å²) < 4.78 is 11.6. The number of aromatic nitrogens is 1. The van der Waals surface area contributed by atoms with E-state index in [-0.39, 0.29) is 6.03 Å². The van der Waals surface area contributed by atoms with E-state index in [4.69, 9.17) is 9.26 Å². The van der Waals surface area contributed by atoms with Gasteiger partial charge in [-0.15, -0.1) is 0 Å². The molecule has 0 aliphatic carbocycles. The number of carbonyl (C=O) groups excluding carboxylic acids is 1. The van der Waals surface area contributed by atoms with Gasteiger partial charge < -0.3 is 24.8 Å². The Morgan fingerprint density at radius 1 is 1.03 bits per heavy atom. The Kier molecular flexibility index (Phi) is 7.20. The monoisotopic (exact) mass is 436 g/mol. The third kappa shape index (κ3) is 5.68. The van der Waals surface area contributed by atoms with E-state index in [2.05, 4.69) is 21.9 Å². The second-order valence-electron chi connectivity index (χ2n) is 8.46. The van der Waals surface area contributed by atoms with E-state index in [0.29, 0.717) is 6.54 Å². The Morgan fingerprint density at radius 3 is 2.31 bits per heavy atom. The largest absolute Gasteiger partial charge is 0.457 e. The molecule has 2 amide bonds. The highest BCUT2D eigenvalue weighted by Crippen LogP contribution is 2.35. The molecule has 32 heavy (non-hydrogen) atoms. The normalized spacial score (nSPS) is 11.0. The summed E-state index contributed by atoms with van der Waals surface area (Å²) in [6.45, 7) is 11.2. The smallest absolute Gasteiger partial charge is 0.319 e. The minimum absolute atomic E-state index is 0.220. The number of anilines is 1. The van der Waals surface area contributed by atoms with Crippen molar-refractivity contribution in [2.75, 3.05) is 32.5 Å². The Hall–Kier alpha value is -3.32. The molecule has 1 aromatic heterocycles. The van der Waals surface area contributed by atoms with Crippen molar-refractivity contribution in [3.05, 3.63) is 58.5 Å². The number of benzene rings is 2. The second kappa shape index (κ2) is 9.87. The summed E-state index contributed by atoms with van der Waals surface area (Å²) in [4.78, 5) is 14.2. The summed E-state index contributed by atoms with van der Waals surface area (Å²) in [6, 6.07) is 9.72. The standard InChI is InChI=1S/C25H32N4O3/c1-15-10-20(23-18(4)28-32-19(23)5)14-22(11-15)31-24-16(2)12-21(13-17(24)3)27-25(30)26-8-9-29(6)7/h10-14H,8-9H2,1-7H3,(H2,26,27,30). The number of ether oxygens (including phenoxy) is 1. The van der Waals surface area contributed by atoms with Gasteiger partial charge in [-0.3, -0.25) is 0 Å². The van der Waals surface area contributed by atoms with Crippen molar-refractivity contribution in [1.82, 2.24) is 15.4 Å². The van der Waals surface area contributed by atoms with Crippen LogP contribution in [0.1, 0.15) is 28.1 Å². The third-order valence-electron chi connectivity index (χ3n) is 5.16. The maximum atomic E-state index is 12.2. The van der Waals surface area contributed by atoms with Crippen LogP contribution in [0.15, 0.2) is 34.9 Å². The maximum absolute atomic E-state index is 12.2. The number of amides is 2. The molecule has 0 aliphatic rings. The molecule has 3 rings (SSSR count). The van der Waals surface area contributed by atoms with Crippen LogP contribution in [0.5, 0.6) is 11.5 Å². The predicted octanol–water partition coefficient (Wildman–Crippen LogP) is 5.36. The van der Waals surface area contributed by atoms with Crippen LogP contribution in [0.2, 0.25) is 0 Å². The zero-order valence-electron chi connectivity index (χ0n) is 19.9. The first kappa shape index (κ1) is 23.3. The molecule has 0 fully saturated rings. The Labute approximate surface area is 189 Å². The number of carbonyl (C=O) groups is 1. The molecule has 7 nitrogen and oxygen atoms in total. The van der Waals surface area contributed by atoms with Crippen LogP contribution in [0, 0.1) is 34.6 Å². The van der Waals surface area contributed by atoms with Gasteiger partial charge in [0.15, 0.2) is 0 Å². The Bertz CT molecular complexity index is 1080. The van der Waals surface area contributed by atoms with Gasteiger partial charge in [0.2, 0.25) is 0 Å². The first-order chi connectivity index (χ1) is 15.1. The molecule has 0 saturated carbocycles. The highest BCUT2D eigenvalue weighted by Gasteiger charge is 2.15. The minimum atomic E-state index is -0.220. The van der Waals surface area contributed by atoms with Crippen LogP contribution in [0.3, 0.4) is 0 Å². The van der Waals surface area contributed by atoms with Gasteiger partial charge in [0.25, 0.3) is 0 Å². The van der Waals surface area contributed by atoms with Gasteiger partial charge in [0.1, 0.15) is 17.3 Å². The summed E-state index contributed by atoms with van der Waals surface area (Å²) in [5.41, 5.74) is 6.55. The molecule has 0 aliphatic heterocycles. The van der Waals surface area contributed by atoms with Crippen molar-refractivity contribution in [2.24, 2.45) is 0 Å². The fraction of sp³-hybridized carbons (Fsp3) is 0.360. The average Bonchev–Trinajstić information content (AvgIpc) is 3.02. The lowest BCUT2D eigenvalue weighted by atomic mass is 10.0. The fourth-order valence-electron chi connectivity index (χ4n) is 3.72. The predicted molar refractivity (Wildman–Crippen MR) is 128 cm³/mol. The lowest BCUT2D eigenvalue weighted by Gasteiger charge is -2.16. The van der Waals surface area contributed by atoms with Crippen LogP contribution in [-0.2, 0) is 0 Å². The third-order valence-corrected chi connectivity index (χ3v) is 5.16. The highest BCUT2D eigenvalue weighted by molar-refractivity contribution is 5.89. The number of urea groups is 1. The van der Waals surface area contributed by atoms with E-state index in [0.717, 1.165) is 63.0 Å². The van der Waals surface area contributed by atoms with E-state index >= 15 is 0 Å². The van der Waals surface area contributed by atoms with E-state index in [1.807, 2.05) is 77.9 Å². The van der Waals surface area contributed by atoms with Crippen molar-refractivity contribution < 1.29 is 14.1 Å². The van der Waals surface area contributed by atoms with Crippen LogP contribution >= 0.6 is 0 Å². The zero-order chi connectivity index (χ0) is 23.4. The van der Waals surface area contributed by atoms with Gasteiger partial charge in [-0.1, -0.05) is 11.2 Å². The van der Waals surface area contributed by atoms with Crippen LogP contribution in [-0.4, -0.2) is 43.3 Å². The summed E-state index contributed by atoms with van der Waals surface area (Å²) in [5, 5.41) is 9.82. The SMILES string of the molecule is Cc1cc(Oc2c(C)cc(NC(=O)NCCN(C)C)cc2C)cc(-c2c(C)noc2C)c1. The zero-order valence-corrected chi connectivity index (χ0v) is 19.9. The van der Waals surface area contributed by atoms with Gasteiger partial charge in [0, 0.05) is 24.3 Å². The van der Waals surface area contributed by atoms with Gasteiger partial charge >= 0.3 is 6.03 Å². The summed E-state index contributed by atoms with van der Waals surface area (Å²) >= 11 is 0. The van der Waals surface area contributed by atoms with Crippen LogP contribution in [0.4, 0.5) is 10.5 Å². The van der Waals surface area contributed by atoms with Gasteiger partial charge in [-0.25, -0.2) is 4.79 Å². The minimum Gasteiger partial charge on any atom is -0.457 e. The van der Waals surface area contributed by atoms with Gasteiger partial charge in [-0.05, 0) is 95.2 Å². The summed E-state index contributed by atoms with van der Waals surface area (Å²) in [5.74, 6) is 2.30. The molecule has 170 valence electrons. The van der Waals surface area contributed by atoms with Gasteiger partial charge in [0.05, 0.1) is 5.69 Å². The first-order valence-corrected chi connectivity index (χ1v) is 10.7. The topological polar surface area (TPSA) is 79.6 Å². The lowest BCUT2D eigenvalue weighted by Crippen LogP contribution is -2.34. The van der Waals surface area contributed by atoms with Crippen molar-refractivity contribution >= 4 is 11.7 Å². The van der Waals surface area contributed by atoms with Crippen molar-refractivity contribution in [3.8, 4) is 22.6 Å². The van der Waals surface area contributed by atoms with E-state index < -0.39 is 0 Å². The fourth-order valence-corrected chi connectivity index (χ4v) is 3.72. The summed E-state index contributed by atoms with van der Waals surface area (Å²) in [7, 11) is 3.94. The number of likely N-dealkylation sites (N-methyl/N-ethyl adjacent to an activating group) is 1. The number of aryl methyl sites for hydroxylation is 5.